The van der Waals surface area contributed by atoms with E-state index in [1.807, 2.05) is 6.20 Å². The molecule has 14 heavy (non-hydrogen) atoms. The minimum atomic E-state index is 0.612. The van der Waals surface area contributed by atoms with Crippen molar-refractivity contribution in [2.24, 2.45) is 0 Å². The summed E-state index contributed by atoms with van der Waals surface area (Å²) in [6.07, 6.45) is 5.98. The second-order valence-corrected chi connectivity index (χ2v) is 3.75. The molecule has 1 aromatic rings. The number of hydrogen-bond donors (Lipinski definition) is 2. The molecule has 1 saturated carbocycles. The van der Waals surface area contributed by atoms with Crippen LogP contribution in [0.3, 0.4) is 0 Å². The normalized spacial score (nSPS) is 15.1. The van der Waals surface area contributed by atoms with Crippen molar-refractivity contribution in [1.29, 1.82) is 0 Å². The smallest absolute Gasteiger partial charge is 0.166 e. The third kappa shape index (κ3) is 2.95. The molecule has 0 saturated heterocycles. The van der Waals surface area contributed by atoms with Crippen molar-refractivity contribution >= 4 is 17.3 Å². The van der Waals surface area contributed by atoms with Crippen LogP contribution < -0.4 is 10.6 Å². The maximum atomic E-state index is 5.10. The molecule has 0 aromatic carbocycles. The molecule has 0 unspecified atom stereocenters. The highest BCUT2D eigenvalue weighted by Gasteiger charge is 2.21. The van der Waals surface area contributed by atoms with E-state index in [2.05, 4.69) is 20.9 Å². The van der Waals surface area contributed by atoms with Crippen LogP contribution in [0.1, 0.15) is 12.8 Å². The maximum Gasteiger partial charge on any atom is 0.166 e. The summed E-state index contributed by atoms with van der Waals surface area (Å²) in [7, 11) is 0. The van der Waals surface area contributed by atoms with Gasteiger partial charge in [-0.05, 0) is 25.1 Å². The lowest BCUT2D eigenvalue weighted by Gasteiger charge is -2.08. The molecule has 1 aromatic heterocycles. The summed E-state index contributed by atoms with van der Waals surface area (Å²) in [5.74, 6) is 0. The molecule has 0 bridgehead atoms. The fourth-order valence-electron chi connectivity index (χ4n) is 1.10. The molecule has 2 rings (SSSR count). The molecule has 0 atom stereocenters. The van der Waals surface area contributed by atoms with Gasteiger partial charge in [0, 0.05) is 18.8 Å². The highest BCUT2D eigenvalue weighted by atomic mass is 32.1. The van der Waals surface area contributed by atoms with Gasteiger partial charge in [-0.25, -0.2) is 0 Å². The maximum absolute atomic E-state index is 5.10. The molecule has 6 heteroatoms. The number of thiocarbonyl (C=S) groups is 1. The lowest BCUT2D eigenvalue weighted by atomic mass is 10.6. The topological polar surface area (TPSA) is 54.8 Å². The highest BCUT2D eigenvalue weighted by Crippen LogP contribution is 2.18. The zero-order valence-corrected chi connectivity index (χ0v) is 8.63. The Morgan fingerprint density at radius 3 is 3.07 bits per heavy atom. The molecule has 1 heterocycles. The Bertz CT molecular complexity index is 293. The first-order chi connectivity index (χ1) is 6.84. The fourth-order valence-corrected chi connectivity index (χ4v) is 1.37. The van der Waals surface area contributed by atoms with E-state index < -0.39 is 0 Å². The molecule has 1 fully saturated rings. The van der Waals surface area contributed by atoms with Gasteiger partial charge >= 0.3 is 0 Å². The Hall–Kier alpha value is -1.17. The lowest BCUT2D eigenvalue weighted by Crippen LogP contribution is -2.38. The first-order valence-electron chi connectivity index (χ1n) is 4.73. The summed E-state index contributed by atoms with van der Waals surface area (Å²) in [5.41, 5.74) is 0. The minimum Gasteiger partial charge on any atom is -0.361 e. The summed E-state index contributed by atoms with van der Waals surface area (Å²) in [6, 6.07) is 0.612. The van der Waals surface area contributed by atoms with Gasteiger partial charge in [0.05, 0.1) is 12.7 Å². The third-order valence-corrected chi connectivity index (χ3v) is 2.27. The summed E-state index contributed by atoms with van der Waals surface area (Å²) in [5, 5.41) is 14.6. The van der Waals surface area contributed by atoms with Crippen LogP contribution in [0.15, 0.2) is 12.4 Å². The van der Waals surface area contributed by atoms with E-state index in [0.717, 1.165) is 18.2 Å². The van der Waals surface area contributed by atoms with Crippen LogP contribution in [0, 0.1) is 0 Å². The van der Waals surface area contributed by atoms with Gasteiger partial charge in [-0.1, -0.05) is 5.21 Å². The molecule has 0 aliphatic heterocycles. The largest absolute Gasteiger partial charge is 0.361 e. The Morgan fingerprint density at radius 1 is 1.57 bits per heavy atom. The van der Waals surface area contributed by atoms with Crippen molar-refractivity contribution < 1.29 is 0 Å². The summed E-state index contributed by atoms with van der Waals surface area (Å²) < 4.78 is 1.77. The lowest BCUT2D eigenvalue weighted by molar-refractivity contribution is 0.578. The van der Waals surface area contributed by atoms with Crippen LogP contribution in [-0.4, -0.2) is 32.7 Å². The zero-order chi connectivity index (χ0) is 9.80. The average molecular weight is 211 g/mol. The molecule has 0 amide bonds. The van der Waals surface area contributed by atoms with E-state index in [0.29, 0.717) is 6.04 Å². The molecule has 1 aliphatic carbocycles. The Morgan fingerprint density at radius 2 is 2.43 bits per heavy atom. The van der Waals surface area contributed by atoms with Crippen molar-refractivity contribution in [3.05, 3.63) is 12.4 Å². The summed E-state index contributed by atoms with van der Waals surface area (Å²) in [6.45, 7) is 1.56. The van der Waals surface area contributed by atoms with Crippen molar-refractivity contribution in [3.63, 3.8) is 0 Å². The van der Waals surface area contributed by atoms with Crippen molar-refractivity contribution in [1.82, 2.24) is 25.6 Å². The first-order valence-corrected chi connectivity index (χ1v) is 5.14. The van der Waals surface area contributed by atoms with Crippen LogP contribution in [-0.2, 0) is 6.54 Å². The van der Waals surface area contributed by atoms with Gasteiger partial charge < -0.3 is 10.6 Å². The van der Waals surface area contributed by atoms with Gasteiger partial charge in [0.15, 0.2) is 5.11 Å². The van der Waals surface area contributed by atoms with Crippen LogP contribution in [0.4, 0.5) is 0 Å². The molecule has 0 spiro atoms. The minimum absolute atomic E-state index is 0.612. The molecule has 5 nitrogen and oxygen atoms in total. The van der Waals surface area contributed by atoms with Gasteiger partial charge in [0.1, 0.15) is 0 Å². The number of hydrogen-bond acceptors (Lipinski definition) is 3. The van der Waals surface area contributed by atoms with Crippen LogP contribution in [0.25, 0.3) is 0 Å². The number of nitrogens with one attached hydrogen (secondary N) is 2. The van der Waals surface area contributed by atoms with Crippen molar-refractivity contribution in [2.45, 2.75) is 25.4 Å². The fraction of sp³-hybridized carbons (Fsp3) is 0.625. The number of rotatable bonds is 4. The SMILES string of the molecule is S=C(NCCn1ccnn1)NC1CC1. The molecule has 0 radical (unpaired) electrons. The van der Waals surface area contributed by atoms with Gasteiger partial charge in [-0.2, -0.15) is 0 Å². The van der Waals surface area contributed by atoms with E-state index in [-0.39, 0.29) is 0 Å². The molecular weight excluding hydrogens is 198 g/mol. The Balaban J connectivity index is 1.60. The van der Waals surface area contributed by atoms with Gasteiger partial charge in [-0.15, -0.1) is 5.10 Å². The highest BCUT2D eigenvalue weighted by molar-refractivity contribution is 7.80. The summed E-state index contributed by atoms with van der Waals surface area (Å²) >= 11 is 5.10. The van der Waals surface area contributed by atoms with Crippen LogP contribution >= 0.6 is 12.2 Å². The average Bonchev–Trinajstić information content (AvgIpc) is 2.82. The molecule has 1 aliphatic rings. The van der Waals surface area contributed by atoms with Crippen molar-refractivity contribution in [2.75, 3.05) is 6.54 Å². The molecular formula is C8H13N5S. The third-order valence-electron chi connectivity index (χ3n) is 2.01. The van der Waals surface area contributed by atoms with Crippen LogP contribution in [0.2, 0.25) is 0 Å². The van der Waals surface area contributed by atoms with E-state index in [1.165, 1.54) is 12.8 Å². The van der Waals surface area contributed by atoms with Crippen molar-refractivity contribution in [3.8, 4) is 0 Å². The second kappa shape index (κ2) is 4.36. The van der Waals surface area contributed by atoms with E-state index in [9.17, 15) is 0 Å². The summed E-state index contributed by atoms with van der Waals surface area (Å²) in [4.78, 5) is 0. The predicted molar refractivity (Wildman–Crippen MR) is 56.8 cm³/mol. The van der Waals surface area contributed by atoms with Gasteiger partial charge in [-0.3, -0.25) is 4.68 Å². The van der Waals surface area contributed by atoms with E-state index >= 15 is 0 Å². The van der Waals surface area contributed by atoms with E-state index in [4.69, 9.17) is 12.2 Å². The Kier molecular flexibility index (Phi) is 2.93. The molecule has 76 valence electrons. The van der Waals surface area contributed by atoms with Gasteiger partial charge in [0.2, 0.25) is 0 Å². The second-order valence-electron chi connectivity index (χ2n) is 3.34. The standard InChI is InChI=1S/C8H13N5S/c14-8(11-7-1-2-7)9-3-5-13-6-4-10-12-13/h4,6-7H,1-3,5H2,(H2,9,11,14). The quantitative estimate of drug-likeness (QED) is 0.681. The van der Waals surface area contributed by atoms with E-state index in [1.54, 1.807) is 10.9 Å². The Labute approximate surface area is 87.9 Å². The predicted octanol–water partition coefficient (Wildman–Crippen LogP) is -0.0954. The zero-order valence-electron chi connectivity index (χ0n) is 7.81. The number of nitrogens with zero attached hydrogens (tertiary/aromatic N) is 3. The first kappa shape index (κ1) is 9.39. The monoisotopic (exact) mass is 211 g/mol. The van der Waals surface area contributed by atoms with Gasteiger partial charge in [0.25, 0.3) is 0 Å². The van der Waals surface area contributed by atoms with Crippen LogP contribution in [0.5, 0.6) is 0 Å². The number of aromatic nitrogens is 3. The molecule has 2 N–H and O–H groups in total.